The molecule has 4 fully saturated rings. The number of carbonyl (C=O) groups is 2. The standard InChI is InChI=1S/C22H31N3O3/c1-21(2,3)18(17-5-4-16(12-23-17)19(26)25-28)24-20(27)22-9-13-6-14(10-22)8-15(7-13)11-22/h4-5,12-15,18,28H,6-11H2,1-3H3,(H,24,27)(H,25,26)/t13?,14?,15?,18-,22?/m1/s1. The van der Waals surface area contributed by atoms with Crippen LogP contribution in [-0.2, 0) is 4.79 Å². The number of carbonyl (C=O) groups excluding carboxylic acids is 2. The number of nitrogens with one attached hydrogen (secondary N) is 2. The maximum absolute atomic E-state index is 13.5. The summed E-state index contributed by atoms with van der Waals surface area (Å²) in [4.78, 5) is 29.5. The fraction of sp³-hybridized carbons (Fsp3) is 0.682. The van der Waals surface area contributed by atoms with Crippen LogP contribution in [0.2, 0.25) is 0 Å². The predicted molar refractivity (Wildman–Crippen MR) is 104 cm³/mol. The predicted octanol–water partition coefficient (Wildman–Crippen LogP) is 3.62. The highest BCUT2D eigenvalue weighted by atomic mass is 16.5. The normalized spacial score (nSPS) is 32.1. The Balaban J connectivity index is 1.56. The summed E-state index contributed by atoms with van der Waals surface area (Å²) in [5, 5.41) is 12.1. The molecule has 152 valence electrons. The third kappa shape index (κ3) is 3.43. The Morgan fingerprint density at radius 2 is 1.68 bits per heavy atom. The van der Waals surface area contributed by atoms with E-state index < -0.39 is 5.91 Å². The molecule has 0 unspecified atom stereocenters. The van der Waals surface area contributed by atoms with Gasteiger partial charge < -0.3 is 5.32 Å². The van der Waals surface area contributed by atoms with Crippen LogP contribution in [0.3, 0.4) is 0 Å². The van der Waals surface area contributed by atoms with Gasteiger partial charge in [0.2, 0.25) is 5.91 Å². The minimum atomic E-state index is -0.594. The molecule has 6 heteroatoms. The molecule has 4 aliphatic carbocycles. The Hall–Kier alpha value is -1.95. The first-order chi connectivity index (χ1) is 13.2. The van der Waals surface area contributed by atoms with Gasteiger partial charge in [-0.2, -0.15) is 0 Å². The van der Waals surface area contributed by atoms with Gasteiger partial charge in [-0.05, 0) is 73.8 Å². The van der Waals surface area contributed by atoms with Gasteiger partial charge in [0.05, 0.1) is 17.3 Å². The van der Waals surface area contributed by atoms with Crippen molar-refractivity contribution >= 4 is 11.8 Å². The van der Waals surface area contributed by atoms with Crippen molar-refractivity contribution in [1.82, 2.24) is 15.8 Å². The van der Waals surface area contributed by atoms with Crippen LogP contribution in [0.25, 0.3) is 0 Å². The first-order valence-corrected chi connectivity index (χ1v) is 10.4. The summed E-state index contributed by atoms with van der Waals surface area (Å²) >= 11 is 0. The van der Waals surface area contributed by atoms with Crippen LogP contribution < -0.4 is 10.8 Å². The van der Waals surface area contributed by atoms with Crippen molar-refractivity contribution in [2.45, 2.75) is 65.3 Å². The van der Waals surface area contributed by atoms with Crippen LogP contribution in [0.15, 0.2) is 18.3 Å². The first-order valence-electron chi connectivity index (χ1n) is 10.4. The molecule has 4 bridgehead atoms. The van der Waals surface area contributed by atoms with E-state index in [9.17, 15) is 9.59 Å². The van der Waals surface area contributed by atoms with Crippen LogP contribution in [0, 0.1) is 28.6 Å². The van der Waals surface area contributed by atoms with Gasteiger partial charge >= 0.3 is 0 Å². The number of hydrogen-bond acceptors (Lipinski definition) is 4. The average molecular weight is 386 g/mol. The Kier molecular flexibility index (Phi) is 4.73. The molecule has 0 saturated heterocycles. The van der Waals surface area contributed by atoms with E-state index in [1.54, 1.807) is 17.6 Å². The summed E-state index contributed by atoms with van der Waals surface area (Å²) in [7, 11) is 0. The fourth-order valence-electron chi connectivity index (χ4n) is 6.18. The van der Waals surface area contributed by atoms with Crippen molar-refractivity contribution in [3.8, 4) is 0 Å². The second-order valence-corrected chi connectivity index (χ2v) is 10.4. The number of hydrogen-bond donors (Lipinski definition) is 3. The molecule has 3 N–H and O–H groups in total. The topological polar surface area (TPSA) is 91.3 Å². The maximum atomic E-state index is 13.5. The lowest BCUT2D eigenvalue weighted by molar-refractivity contribution is -0.148. The number of hydroxylamine groups is 1. The molecule has 1 heterocycles. The second-order valence-electron chi connectivity index (χ2n) is 10.4. The lowest BCUT2D eigenvalue weighted by atomic mass is 9.49. The van der Waals surface area contributed by atoms with E-state index in [4.69, 9.17) is 5.21 Å². The zero-order chi connectivity index (χ0) is 20.1. The summed E-state index contributed by atoms with van der Waals surface area (Å²) < 4.78 is 0. The van der Waals surface area contributed by atoms with Crippen LogP contribution in [-0.4, -0.2) is 22.0 Å². The highest BCUT2D eigenvalue weighted by Gasteiger charge is 2.55. The fourth-order valence-corrected chi connectivity index (χ4v) is 6.18. The third-order valence-electron chi connectivity index (χ3n) is 7.11. The largest absolute Gasteiger partial charge is 0.347 e. The van der Waals surface area contributed by atoms with Gasteiger partial charge in [-0.1, -0.05) is 20.8 Å². The summed E-state index contributed by atoms with van der Waals surface area (Å²) in [6, 6.07) is 3.16. The average Bonchev–Trinajstić information content (AvgIpc) is 2.63. The van der Waals surface area contributed by atoms with E-state index in [2.05, 4.69) is 31.1 Å². The smallest absolute Gasteiger partial charge is 0.276 e. The molecule has 1 atom stereocenters. The minimum Gasteiger partial charge on any atom is -0.347 e. The maximum Gasteiger partial charge on any atom is 0.276 e. The highest BCUT2D eigenvalue weighted by Crippen LogP contribution is 2.60. The lowest BCUT2D eigenvalue weighted by Crippen LogP contribution is -2.55. The van der Waals surface area contributed by atoms with Gasteiger partial charge in [0.1, 0.15) is 0 Å². The molecule has 0 radical (unpaired) electrons. The van der Waals surface area contributed by atoms with E-state index in [-0.39, 0.29) is 28.3 Å². The Bertz CT molecular complexity index is 731. The molecule has 28 heavy (non-hydrogen) atoms. The molecule has 0 aliphatic heterocycles. The van der Waals surface area contributed by atoms with E-state index in [0.717, 1.165) is 42.7 Å². The zero-order valence-corrected chi connectivity index (χ0v) is 17.0. The Labute approximate surface area is 166 Å². The van der Waals surface area contributed by atoms with Crippen molar-refractivity contribution in [2.75, 3.05) is 0 Å². The van der Waals surface area contributed by atoms with Crippen molar-refractivity contribution in [2.24, 2.45) is 28.6 Å². The molecule has 1 aromatic heterocycles. The highest BCUT2D eigenvalue weighted by molar-refractivity contribution is 5.93. The number of nitrogens with zero attached hydrogens (tertiary/aromatic N) is 1. The SMILES string of the molecule is CC(C)(C)[C@H](NC(=O)C12CC3CC(CC(C3)C1)C2)c1ccc(C(=O)NO)cn1. The Morgan fingerprint density at radius 3 is 2.11 bits per heavy atom. The molecule has 5 rings (SSSR count). The Morgan fingerprint density at radius 1 is 1.11 bits per heavy atom. The number of rotatable bonds is 4. The lowest BCUT2D eigenvalue weighted by Gasteiger charge is -2.56. The molecule has 0 aromatic carbocycles. The van der Waals surface area contributed by atoms with Crippen LogP contribution >= 0.6 is 0 Å². The summed E-state index contributed by atoms with van der Waals surface area (Å²) in [6.07, 6.45) is 8.47. The summed E-state index contributed by atoms with van der Waals surface area (Å²) in [5.74, 6) is 1.76. The quantitative estimate of drug-likeness (QED) is 0.545. The summed E-state index contributed by atoms with van der Waals surface area (Å²) in [5.41, 5.74) is 2.22. The van der Waals surface area contributed by atoms with Crippen molar-refractivity contribution in [1.29, 1.82) is 0 Å². The zero-order valence-electron chi connectivity index (χ0n) is 17.0. The molecular weight excluding hydrogens is 354 g/mol. The second kappa shape index (κ2) is 6.83. The van der Waals surface area contributed by atoms with Gasteiger partial charge in [-0.15, -0.1) is 0 Å². The number of amides is 2. The minimum absolute atomic E-state index is 0.186. The van der Waals surface area contributed by atoms with E-state index in [1.165, 1.54) is 25.5 Å². The van der Waals surface area contributed by atoms with Crippen LogP contribution in [0.4, 0.5) is 0 Å². The van der Waals surface area contributed by atoms with Gasteiger partial charge in [0, 0.05) is 11.6 Å². The molecular formula is C22H31N3O3. The van der Waals surface area contributed by atoms with E-state index in [0.29, 0.717) is 0 Å². The molecule has 2 amide bonds. The van der Waals surface area contributed by atoms with Crippen LogP contribution in [0.1, 0.15) is 81.4 Å². The van der Waals surface area contributed by atoms with E-state index >= 15 is 0 Å². The van der Waals surface area contributed by atoms with Gasteiger partial charge in [-0.25, -0.2) is 5.48 Å². The van der Waals surface area contributed by atoms with E-state index in [1.807, 2.05) is 0 Å². The van der Waals surface area contributed by atoms with Gasteiger partial charge in [0.15, 0.2) is 0 Å². The van der Waals surface area contributed by atoms with Crippen molar-refractivity contribution in [3.63, 3.8) is 0 Å². The summed E-state index contributed by atoms with van der Waals surface area (Å²) in [6.45, 7) is 6.27. The monoisotopic (exact) mass is 385 g/mol. The number of pyridine rings is 1. The molecule has 0 spiro atoms. The van der Waals surface area contributed by atoms with Crippen molar-refractivity contribution in [3.05, 3.63) is 29.6 Å². The van der Waals surface area contributed by atoms with Gasteiger partial charge in [-0.3, -0.25) is 19.8 Å². The third-order valence-corrected chi connectivity index (χ3v) is 7.11. The first kappa shape index (κ1) is 19.4. The van der Waals surface area contributed by atoms with Gasteiger partial charge in [0.25, 0.3) is 5.91 Å². The molecule has 4 saturated carbocycles. The molecule has 6 nitrogen and oxygen atoms in total. The molecule has 1 aromatic rings. The molecule has 4 aliphatic rings. The van der Waals surface area contributed by atoms with Crippen LogP contribution in [0.5, 0.6) is 0 Å². The van der Waals surface area contributed by atoms with Crippen molar-refractivity contribution < 1.29 is 14.8 Å². The number of aromatic nitrogens is 1.